The molecular formula is C37H31N3. The first-order chi connectivity index (χ1) is 19.8. The molecular weight excluding hydrogens is 486 g/mol. The van der Waals surface area contributed by atoms with Gasteiger partial charge in [0, 0.05) is 39.8 Å². The number of anilines is 7. The highest BCUT2D eigenvalue weighted by atomic mass is 15.1. The predicted molar refractivity (Wildman–Crippen MR) is 170 cm³/mol. The second-order valence-electron chi connectivity index (χ2n) is 9.74. The maximum atomic E-state index is 3.48. The zero-order valence-electron chi connectivity index (χ0n) is 22.2. The lowest BCUT2D eigenvalue weighted by atomic mass is 10.0. The molecule has 2 N–H and O–H groups in total. The van der Waals surface area contributed by atoms with Gasteiger partial charge >= 0.3 is 0 Å². The molecule has 0 fully saturated rings. The van der Waals surface area contributed by atoms with Gasteiger partial charge < -0.3 is 15.5 Å². The van der Waals surface area contributed by atoms with Crippen molar-refractivity contribution < 1.29 is 0 Å². The van der Waals surface area contributed by atoms with Gasteiger partial charge in [0.15, 0.2) is 0 Å². The number of hydrogen-bond acceptors (Lipinski definition) is 3. The Morgan fingerprint density at radius 2 is 0.650 bits per heavy atom. The van der Waals surface area contributed by atoms with Crippen LogP contribution in [0.4, 0.5) is 39.8 Å². The normalized spacial score (nSPS) is 10.6. The van der Waals surface area contributed by atoms with Crippen LogP contribution in [0.5, 0.6) is 0 Å². The van der Waals surface area contributed by atoms with E-state index in [-0.39, 0.29) is 0 Å². The lowest BCUT2D eigenvalue weighted by molar-refractivity contribution is 1.18. The molecule has 6 aromatic rings. The zero-order valence-corrected chi connectivity index (χ0v) is 22.2. The van der Waals surface area contributed by atoms with Crippen molar-refractivity contribution in [3.63, 3.8) is 0 Å². The van der Waals surface area contributed by atoms with E-state index in [4.69, 9.17) is 0 Å². The first-order valence-corrected chi connectivity index (χ1v) is 13.6. The molecule has 0 bridgehead atoms. The number of para-hydroxylation sites is 2. The Labute approximate surface area is 236 Å². The van der Waals surface area contributed by atoms with Crippen molar-refractivity contribution in [2.45, 2.75) is 6.42 Å². The molecule has 0 unspecified atom stereocenters. The van der Waals surface area contributed by atoms with Crippen molar-refractivity contribution in [3.05, 3.63) is 175 Å². The SMILES string of the molecule is c1ccc(Cc2ccc(N(c3ccc(Nc4ccccc4)cc3)c3ccc(Nc4ccccc4)cc3)cc2)cc1. The van der Waals surface area contributed by atoms with E-state index in [1.54, 1.807) is 0 Å². The lowest BCUT2D eigenvalue weighted by Crippen LogP contribution is -2.10. The highest BCUT2D eigenvalue weighted by Gasteiger charge is 2.13. The van der Waals surface area contributed by atoms with Crippen LogP contribution >= 0.6 is 0 Å². The van der Waals surface area contributed by atoms with Crippen LogP contribution < -0.4 is 15.5 Å². The Morgan fingerprint density at radius 1 is 0.325 bits per heavy atom. The molecule has 0 atom stereocenters. The van der Waals surface area contributed by atoms with Gasteiger partial charge in [-0.3, -0.25) is 0 Å². The van der Waals surface area contributed by atoms with Crippen molar-refractivity contribution in [2.24, 2.45) is 0 Å². The van der Waals surface area contributed by atoms with Crippen LogP contribution in [0.2, 0.25) is 0 Å². The molecule has 3 heteroatoms. The minimum absolute atomic E-state index is 0.917. The predicted octanol–water partition coefficient (Wildman–Crippen LogP) is 10.2. The van der Waals surface area contributed by atoms with Crippen LogP contribution in [0, 0.1) is 0 Å². The second kappa shape index (κ2) is 12.1. The van der Waals surface area contributed by atoms with Crippen molar-refractivity contribution in [2.75, 3.05) is 15.5 Å². The number of benzene rings is 6. The zero-order chi connectivity index (χ0) is 27.0. The van der Waals surface area contributed by atoms with Gasteiger partial charge in [-0.15, -0.1) is 0 Å². The van der Waals surface area contributed by atoms with E-state index in [1.807, 2.05) is 36.4 Å². The van der Waals surface area contributed by atoms with Gasteiger partial charge in [0.2, 0.25) is 0 Å². The summed E-state index contributed by atoms with van der Waals surface area (Å²) in [6, 6.07) is 57.2. The molecule has 0 spiro atoms. The summed E-state index contributed by atoms with van der Waals surface area (Å²) in [6.07, 6.45) is 0.917. The van der Waals surface area contributed by atoms with Crippen LogP contribution in [-0.2, 0) is 6.42 Å². The van der Waals surface area contributed by atoms with Gasteiger partial charge in [0.1, 0.15) is 0 Å². The molecule has 194 valence electrons. The summed E-state index contributed by atoms with van der Waals surface area (Å²) in [5, 5.41) is 6.97. The molecule has 0 saturated heterocycles. The van der Waals surface area contributed by atoms with E-state index in [0.717, 1.165) is 46.2 Å². The minimum atomic E-state index is 0.917. The molecule has 0 aromatic heterocycles. The minimum Gasteiger partial charge on any atom is -0.356 e. The fraction of sp³-hybridized carbons (Fsp3) is 0.0270. The Morgan fingerprint density at radius 3 is 1.07 bits per heavy atom. The lowest BCUT2D eigenvalue weighted by Gasteiger charge is -2.26. The Hall–Kier alpha value is -5.28. The molecule has 0 heterocycles. The molecule has 6 aromatic carbocycles. The average molecular weight is 518 g/mol. The number of hydrogen-bond donors (Lipinski definition) is 2. The van der Waals surface area contributed by atoms with Crippen molar-refractivity contribution in [1.29, 1.82) is 0 Å². The first kappa shape index (κ1) is 25.0. The highest BCUT2D eigenvalue weighted by molar-refractivity contribution is 5.79. The Kier molecular flexibility index (Phi) is 7.54. The highest BCUT2D eigenvalue weighted by Crippen LogP contribution is 2.36. The largest absolute Gasteiger partial charge is 0.356 e. The summed E-state index contributed by atoms with van der Waals surface area (Å²) in [4.78, 5) is 2.30. The monoisotopic (exact) mass is 517 g/mol. The summed E-state index contributed by atoms with van der Waals surface area (Å²) >= 11 is 0. The van der Waals surface area contributed by atoms with E-state index < -0.39 is 0 Å². The van der Waals surface area contributed by atoms with Gasteiger partial charge in [-0.2, -0.15) is 0 Å². The Bertz CT molecular complexity index is 1410. The maximum absolute atomic E-state index is 3.48. The summed E-state index contributed by atoms with van der Waals surface area (Å²) in [5.74, 6) is 0. The summed E-state index contributed by atoms with van der Waals surface area (Å²) in [5.41, 5.74) is 10.2. The summed E-state index contributed by atoms with van der Waals surface area (Å²) in [6.45, 7) is 0. The standard InChI is InChI=1S/C37H31N3/c1-4-10-29(11-5-1)28-30-16-22-35(23-17-30)40(36-24-18-33(19-25-36)38-31-12-6-2-7-13-31)37-26-20-34(21-27-37)39-32-14-8-3-9-15-32/h1-27,38-39H,28H2. The number of nitrogens with one attached hydrogen (secondary N) is 2. The van der Waals surface area contributed by atoms with Crippen molar-refractivity contribution >= 4 is 39.8 Å². The van der Waals surface area contributed by atoms with E-state index in [0.29, 0.717) is 0 Å². The third-order valence-corrected chi connectivity index (χ3v) is 6.82. The van der Waals surface area contributed by atoms with Crippen LogP contribution in [-0.4, -0.2) is 0 Å². The van der Waals surface area contributed by atoms with Gasteiger partial charge in [-0.05, 0) is 102 Å². The molecule has 6 rings (SSSR count). The fourth-order valence-corrected chi connectivity index (χ4v) is 4.81. The van der Waals surface area contributed by atoms with Crippen LogP contribution in [0.15, 0.2) is 164 Å². The van der Waals surface area contributed by atoms with E-state index in [9.17, 15) is 0 Å². The summed E-state index contributed by atoms with van der Waals surface area (Å²) in [7, 11) is 0. The molecule has 0 aliphatic rings. The quantitative estimate of drug-likeness (QED) is 0.200. The second-order valence-corrected chi connectivity index (χ2v) is 9.74. The molecule has 0 aliphatic heterocycles. The van der Waals surface area contributed by atoms with Gasteiger partial charge in [0.25, 0.3) is 0 Å². The number of nitrogens with zero attached hydrogens (tertiary/aromatic N) is 1. The van der Waals surface area contributed by atoms with Crippen molar-refractivity contribution in [1.82, 2.24) is 0 Å². The topological polar surface area (TPSA) is 27.3 Å². The molecule has 3 nitrogen and oxygen atoms in total. The van der Waals surface area contributed by atoms with Gasteiger partial charge in [-0.1, -0.05) is 78.9 Å². The summed E-state index contributed by atoms with van der Waals surface area (Å²) < 4.78 is 0. The van der Waals surface area contributed by atoms with E-state index in [2.05, 4.69) is 143 Å². The molecule has 0 aliphatic carbocycles. The van der Waals surface area contributed by atoms with Gasteiger partial charge in [0.05, 0.1) is 0 Å². The molecule has 0 amide bonds. The van der Waals surface area contributed by atoms with Crippen LogP contribution in [0.1, 0.15) is 11.1 Å². The average Bonchev–Trinajstić information content (AvgIpc) is 3.01. The van der Waals surface area contributed by atoms with Gasteiger partial charge in [-0.25, -0.2) is 0 Å². The molecule has 0 saturated carbocycles. The van der Waals surface area contributed by atoms with Crippen molar-refractivity contribution in [3.8, 4) is 0 Å². The first-order valence-electron chi connectivity index (χ1n) is 13.6. The third kappa shape index (κ3) is 6.23. The van der Waals surface area contributed by atoms with E-state index in [1.165, 1.54) is 11.1 Å². The third-order valence-electron chi connectivity index (χ3n) is 6.82. The molecule has 40 heavy (non-hydrogen) atoms. The maximum Gasteiger partial charge on any atom is 0.0463 e. The Balaban J connectivity index is 1.28. The fourth-order valence-electron chi connectivity index (χ4n) is 4.81. The number of rotatable bonds is 9. The van der Waals surface area contributed by atoms with Crippen LogP contribution in [0.3, 0.4) is 0 Å². The molecule has 0 radical (unpaired) electrons. The smallest absolute Gasteiger partial charge is 0.0463 e. The van der Waals surface area contributed by atoms with E-state index >= 15 is 0 Å². The van der Waals surface area contributed by atoms with Crippen LogP contribution in [0.25, 0.3) is 0 Å².